The second-order valence-electron chi connectivity index (χ2n) is 5.04. The fourth-order valence-electron chi connectivity index (χ4n) is 2.32. The zero-order chi connectivity index (χ0) is 12.6. The van der Waals surface area contributed by atoms with Crippen LogP contribution in [0.2, 0.25) is 0 Å². The molecular formula is C14H18BrNO. The van der Waals surface area contributed by atoms with Crippen molar-refractivity contribution in [3.63, 3.8) is 0 Å². The van der Waals surface area contributed by atoms with E-state index in [-0.39, 0.29) is 16.8 Å². The molecule has 2 nitrogen and oxygen atoms in total. The van der Waals surface area contributed by atoms with Gasteiger partial charge in [0, 0.05) is 11.7 Å². The number of benzene rings is 1. The maximum Gasteiger partial charge on any atom is 0.241 e. The molecule has 0 aromatic heterocycles. The second-order valence-corrected chi connectivity index (χ2v) is 6.02. The van der Waals surface area contributed by atoms with Gasteiger partial charge in [0.1, 0.15) is 0 Å². The summed E-state index contributed by atoms with van der Waals surface area (Å²) in [5.74, 6) is 0.486. The van der Waals surface area contributed by atoms with Gasteiger partial charge in [0.15, 0.2) is 0 Å². The number of halogens is 1. The number of para-hydroxylation sites is 1. The van der Waals surface area contributed by atoms with E-state index in [4.69, 9.17) is 0 Å². The van der Waals surface area contributed by atoms with Crippen LogP contribution in [0.3, 0.4) is 0 Å². The first-order chi connectivity index (χ1) is 8.02. The summed E-state index contributed by atoms with van der Waals surface area (Å²) in [4.78, 5) is 14.3. The number of carbonyl (C=O) groups is 1. The van der Waals surface area contributed by atoms with Crippen LogP contribution in [-0.4, -0.2) is 16.8 Å². The van der Waals surface area contributed by atoms with Gasteiger partial charge >= 0.3 is 0 Å². The van der Waals surface area contributed by atoms with Crippen molar-refractivity contribution in [2.75, 3.05) is 4.90 Å². The van der Waals surface area contributed by atoms with Crippen LogP contribution in [0, 0.1) is 5.92 Å². The van der Waals surface area contributed by atoms with Crippen LogP contribution < -0.4 is 4.90 Å². The third kappa shape index (κ3) is 2.25. The van der Waals surface area contributed by atoms with E-state index in [0.717, 1.165) is 12.1 Å². The Hall–Kier alpha value is -0.830. The van der Waals surface area contributed by atoms with Crippen LogP contribution >= 0.6 is 15.9 Å². The zero-order valence-corrected chi connectivity index (χ0v) is 12.1. The number of carbonyl (C=O) groups excluding carboxylic acids is 1. The minimum Gasteiger partial charge on any atom is -0.308 e. The van der Waals surface area contributed by atoms with Gasteiger partial charge < -0.3 is 4.90 Å². The number of alkyl halides is 1. The lowest BCUT2D eigenvalue weighted by Gasteiger charge is -2.26. The summed E-state index contributed by atoms with van der Waals surface area (Å²) in [5.41, 5.74) is 2.35. The van der Waals surface area contributed by atoms with Gasteiger partial charge in [-0.15, -0.1) is 0 Å². The molecular weight excluding hydrogens is 278 g/mol. The van der Waals surface area contributed by atoms with E-state index >= 15 is 0 Å². The van der Waals surface area contributed by atoms with Crippen molar-refractivity contribution in [2.24, 2.45) is 5.92 Å². The predicted molar refractivity (Wildman–Crippen MR) is 74.6 cm³/mol. The third-order valence-electron chi connectivity index (χ3n) is 3.27. The maximum atomic E-state index is 12.4. The van der Waals surface area contributed by atoms with Crippen molar-refractivity contribution in [1.82, 2.24) is 0 Å². The van der Waals surface area contributed by atoms with Crippen molar-refractivity contribution in [2.45, 2.75) is 38.1 Å². The highest BCUT2D eigenvalue weighted by Gasteiger charge is 2.34. The van der Waals surface area contributed by atoms with Crippen molar-refractivity contribution >= 4 is 27.5 Å². The Balaban J connectivity index is 2.30. The van der Waals surface area contributed by atoms with Crippen LogP contribution in [-0.2, 0) is 11.2 Å². The molecule has 1 aliphatic heterocycles. The standard InChI is InChI=1S/C14H18BrNO/c1-9(2)13(15)14(17)16-10(3)8-11-6-4-5-7-12(11)16/h4-7,9-10,13H,8H2,1-3H3. The number of hydrogen-bond acceptors (Lipinski definition) is 1. The molecule has 0 saturated carbocycles. The Bertz CT molecular complexity index is 430. The van der Waals surface area contributed by atoms with Gasteiger partial charge in [-0.1, -0.05) is 48.0 Å². The molecule has 17 heavy (non-hydrogen) atoms. The summed E-state index contributed by atoms with van der Waals surface area (Å²) in [6.45, 7) is 6.23. The molecule has 0 N–H and O–H groups in total. The van der Waals surface area contributed by atoms with E-state index in [0.29, 0.717) is 5.92 Å². The first-order valence-electron chi connectivity index (χ1n) is 6.07. The quantitative estimate of drug-likeness (QED) is 0.766. The van der Waals surface area contributed by atoms with Gasteiger partial charge in [0.25, 0.3) is 0 Å². The average Bonchev–Trinajstić information content (AvgIpc) is 2.62. The summed E-state index contributed by atoms with van der Waals surface area (Å²) >= 11 is 3.51. The molecule has 1 amide bonds. The molecule has 1 heterocycles. The van der Waals surface area contributed by atoms with E-state index in [9.17, 15) is 4.79 Å². The van der Waals surface area contributed by atoms with Crippen LogP contribution in [0.5, 0.6) is 0 Å². The summed E-state index contributed by atoms with van der Waals surface area (Å²) < 4.78 is 0. The lowest BCUT2D eigenvalue weighted by atomic mass is 10.1. The van der Waals surface area contributed by atoms with Crippen LogP contribution in [0.1, 0.15) is 26.3 Å². The highest BCUT2D eigenvalue weighted by molar-refractivity contribution is 9.10. The molecule has 0 radical (unpaired) electrons. The molecule has 2 rings (SSSR count). The number of fused-ring (bicyclic) bond motifs is 1. The molecule has 1 aromatic rings. The average molecular weight is 296 g/mol. The van der Waals surface area contributed by atoms with Gasteiger partial charge in [0.2, 0.25) is 5.91 Å². The molecule has 1 aliphatic rings. The molecule has 2 unspecified atom stereocenters. The number of hydrogen-bond donors (Lipinski definition) is 0. The zero-order valence-electron chi connectivity index (χ0n) is 10.5. The predicted octanol–water partition coefficient (Wildman–Crippen LogP) is 3.38. The molecule has 92 valence electrons. The van der Waals surface area contributed by atoms with Crippen LogP contribution in [0.4, 0.5) is 5.69 Å². The van der Waals surface area contributed by atoms with Crippen LogP contribution in [0.15, 0.2) is 24.3 Å². The summed E-state index contributed by atoms with van der Waals surface area (Å²) in [7, 11) is 0. The minimum atomic E-state index is -0.101. The number of amides is 1. The van der Waals surface area contributed by atoms with Crippen molar-refractivity contribution in [3.8, 4) is 0 Å². The van der Waals surface area contributed by atoms with Crippen molar-refractivity contribution in [1.29, 1.82) is 0 Å². The van der Waals surface area contributed by atoms with Gasteiger partial charge in [-0.3, -0.25) is 4.79 Å². The number of rotatable bonds is 2. The highest BCUT2D eigenvalue weighted by Crippen LogP contribution is 2.33. The Morgan fingerprint density at radius 2 is 2.06 bits per heavy atom. The van der Waals surface area contributed by atoms with Gasteiger partial charge in [-0.25, -0.2) is 0 Å². The number of anilines is 1. The Labute approximate surface area is 111 Å². The van der Waals surface area contributed by atoms with Crippen molar-refractivity contribution < 1.29 is 4.79 Å². The smallest absolute Gasteiger partial charge is 0.241 e. The molecule has 0 spiro atoms. The van der Waals surface area contributed by atoms with Gasteiger partial charge in [-0.05, 0) is 30.9 Å². The molecule has 0 bridgehead atoms. The fraction of sp³-hybridized carbons (Fsp3) is 0.500. The first kappa shape index (κ1) is 12.6. The number of nitrogens with zero attached hydrogens (tertiary/aromatic N) is 1. The van der Waals surface area contributed by atoms with Gasteiger partial charge in [-0.2, -0.15) is 0 Å². The second kappa shape index (κ2) is 4.81. The molecule has 2 atom stereocenters. The van der Waals surface area contributed by atoms with Crippen LogP contribution in [0.25, 0.3) is 0 Å². The lowest BCUT2D eigenvalue weighted by Crippen LogP contribution is -2.42. The summed E-state index contributed by atoms with van der Waals surface area (Å²) in [6.07, 6.45) is 0.958. The Kier molecular flexibility index (Phi) is 3.57. The maximum absolute atomic E-state index is 12.4. The Morgan fingerprint density at radius 1 is 1.41 bits per heavy atom. The molecule has 1 aromatic carbocycles. The summed E-state index contributed by atoms with van der Waals surface area (Å²) in [5, 5.41) is 0. The minimum absolute atomic E-state index is 0.101. The Morgan fingerprint density at radius 3 is 2.71 bits per heavy atom. The topological polar surface area (TPSA) is 20.3 Å². The first-order valence-corrected chi connectivity index (χ1v) is 6.99. The van der Waals surface area contributed by atoms with Crippen molar-refractivity contribution in [3.05, 3.63) is 29.8 Å². The highest BCUT2D eigenvalue weighted by atomic mass is 79.9. The molecule has 0 saturated heterocycles. The third-order valence-corrected chi connectivity index (χ3v) is 4.71. The van der Waals surface area contributed by atoms with E-state index in [2.05, 4.69) is 42.8 Å². The van der Waals surface area contributed by atoms with Gasteiger partial charge in [0.05, 0.1) is 4.83 Å². The largest absolute Gasteiger partial charge is 0.308 e. The SMILES string of the molecule is CC(C)C(Br)C(=O)N1c2ccccc2CC1C. The monoisotopic (exact) mass is 295 g/mol. The normalized spacial score (nSPS) is 20.5. The van der Waals surface area contributed by atoms with E-state index in [1.165, 1.54) is 5.56 Å². The van der Waals surface area contributed by atoms with E-state index in [1.54, 1.807) is 0 Å². The summed E-state index contributed by atoms with van der Waals surface area (Å²) in [6, 6.07) is 8.44. The molecule has 0 fully saturated rings. The van der Waals surface area contributed by atoms with E-state index in [1.807, 2.05) is 23.1 Å². The molecule has 0 aliphatic carbocycles. The fourth-order valence-corrected chi connectivity index (χ4v) is 2.54. The van der Waals surface area contributed by atoms with E-state index < -0.39 is 0 Å². The lowest BCUT2D eigenvalue weighted by molar-refractivity contribution is -0.118. The molecule has 3 heteroatoms.